The van der Waals surface area contributed by atoms with E-state index < -0.39 is 8.07 Å². The van der Waals surface area contributed by atoms with E-state index in [0.717, 1.165) is 42.7 Å². The lowest BCUT2D eigenvalue weighted by Crippen LogP contribution is -2.22. The van der Waals surface area contributed by atoms with Gasteiger partial charge in [0.05, 0.1) is 11.4 Å². The van der Waals surface area contributed by atoms with Gasteiger partial charge in [-0.25, -0.2) is 0 Å². The molecule has 2 rings (SSSR count). The lowest BCUT2D eigenvalue weighted by atomic mass is 10.1. The third kappa shape index (κ3) is 7.62. The Hall–Kier alpha value is -1.98. The smallest absolute Gasteiger partial charge is 0.189 e. The first-order chi connectivity index (χ1) is 11.9. The van der Waals surface area contributed by atoms with Gasteiger partial charge < -0.3 is 20.5 Å². The minimum atomic E-state index is -1.05. The Morgan fingerprint density at radius 1 is 1.04 bits per heavy atom. The predicted octanol–water partition coefficient (Wildman–Crippen LogP) is 4.61. The van der Waals surface area contributed by atoms with E-state index in [4.69, 9.17) is 15.2 Å². The molecule has 0 heterocycles. The summed E-state index contributed by atoms with van der Waals surface area (Å²) in [6.45, 7) is 8.87. The van der Waals surface area contributed by atoms with Crippen LogP contribution in [-0.2, 0) is 11.2 Å². The van der Waals surface area contributed by atoms with Crippen molar-refractivity contribution >= 4 is 19.4 Å². The van der Waals surface area contributed by atoms with Gasteiger partial charge in [-0.05, 0) is 30.2 Å². The van der Waals surface area contributed by atoms with Crippen molar-refractivity contribution < 1.29 is 9.47 Å². The van der Waals surface area contributed by atoms with E-state index in [1.807, 2.05) is 24.3 Å². The largest absolute Gasteiger partial charge is 0.467 e. The van der Waals surface area contributed by atoms with Crippen molar-refractivity contribution in [2.45, 2.75) is 32.1 Å². The zero-order chi connectivity index (χ0) is 18.1. The number of benzene rings is 2. The molecule has 5 heteroatoms. The van der Waals surface area contributed by atoms with E-state index in [2.05, 4.69) is 49.2 Å². The molecule has 25 heavy (non-hydrogen) atoms. The number of anilines is 2. The van der Waals surface area contributed by atoms with Gasteiger partial charge in [-0.15, -0.1) is 0 Å². The molecule has 0 fully saturated rings. The van der Waals surface area contributed by atoms with Gasteiger partial charge in [0.25, 0.3) is 0 Å². The molecule has 0 aliphatic heterocycles. The molecule has 0 aliphatic rings. The van der Waals surface area contributed by atoms with Gasteiger partial charge in [0.2, 0.25) is 0 Å². The van der Waals surface area contributed by atoms with Crippen molar-refractivity contribution in [3.05, 3.63) is 54.1 Å². The van der Waals surface area contributed by atoms with Crippen LogP contribution < -0.4 is 15.8 Å². The maximum Gasteiger partial charge on any atom is 0.189 e. The predicted molar refractivity (Wildman–Crippen MR) is 109 cm³/mol. The summed E-state index contributed by atoms with van der Waals surface area (Å²) in [6, 6.07) is 17.2. The Kier molecular flexibility index (Phi) is 7.34. The van der Waals surface area contributed by atoms with Crippen molar-refractivity contribution in [2.75, 3.05) is 31.0 Å². The fourth-order valence-electron chi connectivity index (χ4n) is 2.31. The zero-order valence-corrected chi connectivity index (χ0v) is 16.5. The van der Waals surface area contributed by atoms with Crippen LogP contribution in [0.4, 0.5) is 11.4 Å². The number of nitrogens with one attached hydrogen (secondary N) is 1. The average molecular weight is 359 g/mol. The highest BCUT2D eigenvalue weighted by Crippen LogP contribution is 2.24. The summed E-state index contributed by atoms with van der Waals surface area (Å²) in [5.41, 5.74) is 8.97. The van der Waals surface area contributed by atoms with E-state index in [9.17, 15) is 0 Å². The van der Waals surface area contributed by atoms with E-state index in [1.54, 1.807) is 0 Å². The second-order valence-electron chi connectivity index (χ2n) is 7.39. The molecule has 3 N–H and O–H groups in total. The van der Waals surface area contributed by atoms with Crippen LogP contribution in [0.2, 0.25) is 25.7 Å². The highest BCUT2D eigenvalue weighted by molar-refractivity contribution is 6.76. The second kappa shape index (κ2) is 9.49. The first-order valence-corrected chi connectivity index (χ1v) is 12.5. The maximum atomic E-state index is 6.05. The van der Waals surface area contributed by atoms with Gasteiger partial charge in [0.1, 0.15) is 5.75 Å². The minimum Gasteiger partial charge on any atom is -0.467 e. The SMILES string of the molecule is C[Si](C)(C)CCOCOc1ccc(N)c(NCCc2ccccc2)c1. The van der Waals surface area contributed by atoms with E-state index in [1.165, 1.54) is 5.56 Å². The van der Waals surface area contributed by atoms with E-state index in [-0.39, 0.29) is 6.79 Å². The topological polar surface area (TPSA) is 56.5 Å². The molecule has 2 aromatic rings. The summed E-state index contributed by atoms with van der Waals surface area (Å²) in [7, 11) is -1.05. The molecule has 0 aliphatic carbocycles. The molecule has 0 saturated heterocycles. The van der Waals surface area contributed by atoms with Crippen molar-refractivity contribution in [2.24, 2.45) is 0 Å². The normalized spacial score (nSPS) is 11.3. The highest BCUT2D eigenvalue weighted by atomic mass is 28.3. The molecule has 136 valence electrons. The number of nitrogens with two attached hydrogens (primary N) is 1. The van der Waals surface area contributed by atoms with Crippen molar-refractivity contribution in [3.63, 3.8) is 0 Å². The molecule has 0 saturated carbocycles. The van der Waals surface area contributed by atoms with E-state index in [0.29, 0.717) is 0 Å². The molecule has 0 atom stereocenters. The standard InChI is InChI=1S/C20H30N2O2Si/c1-25(2,3)14-13-23-16-24-18-9-10-19(21)20(15-18)22-12-11-17-7-5-4-6-8-17/h4-10,15,22H,11-14,16,21H2,1-3H3. The van der Waals surface area contributed by atoms with Crippen LogP contribution >= 0.6 is 0 Å². The number of hydrogen-bond acceptors (Lipinski definition) is 4. The lowest BCUT2D eigenvalue weighted by molar-refractivity contribution is 0.0221. The highest BCUT2D eigenvalue weighted by Gasteiger charge is 2.12. The summed E-state index contributed by atoms with van der Waals surface area (Å²) in [5.74, 6) is 0.768. The average Bonchev–Trinajstić information content (AvgIpc) is 2.57. The van der Waals surface area contributed by atoms with Crippen molar-refractivity contribution in [1.82, 2.24) is 0 Å². The molecule has 0 aromatic heterocycles. The van der Waals surface area contributed by atoms with Crippen LogP contribution in [0, 0.1) is 0 Å². The Labute approximate surface area is 152 Å². The van der Waals surface area contributed by atoms with Gasteiger partial charge >= 0.3 is 0 Å². The van der Waals surface area contributed by atoms with Gasteiger partial charge in [0, 0.05) is 27.3 Å². The third-order valence-corrected chi connectivity index (χ3v) is 5.61. The molecular formula is C20H30N2O2Si. The van der Waals surface area contributed by atoms with E-state index >= 15 is 0 Å². The van der Waals surface area contributed by atoms with Crippen LogP contribution in [-0.4, -0.2) is 28.0 Å². The molecule has 4 nitrogen and oxygen atoms in total. The van der Waals surface area contributed by atoms with Gasteiger partial charge in [-0.3, -0.25) is 0 Å². The Balaban J connectivity index is 1.77. The van der Waals surface area contributed by atoms with Crippen molar-refractivity contribution in [1.29, 1.82) is 0 Å². The summed E-state index contributed by atoms with van der Waals surface area (Å²) in [6.07, 6.45) is 0.950. The number of nitrogen functional groups attached to an aromatic ring is 1. The molecule has 0 spiro atoms. The van der Waals surface area contributed by atoms with Crippen LogP contribution in [0.25, 0.3) is 0 Å². The van der Waals surface area contributed by atoms with Gasteiger partial charge in [-0.2, -0.15) is 0 Å². The quantitative estimate of drug-likeness (QED) is 0.282. The summed E-state index contributed by atoms with van der Waals surface area (Å²) in [4.78, 5) is 0. The monoisotopic (exact) mass is 358 g/mol. The van der Waals surface area contributed by atoms with Gasteiger partial charge in [-0.1, -0.05) is 50.0 Å². The van der Waals surface area contributed by atoms with Gasteiger partial charge in [0.15, 0.2) is 6.79 Å². The summed E-state index contributed by atoms with van der Waals surface area (Å²) < 4.78 is 11.3. The number of ether oxygens (including phenoxy) is 2. The van der Waals surface area contributed by atoms with Crippen LogP contribution in [0.3, 0.4) is 0 Å². The fourth-order valence-corrected chi connectivity index (χ4v) is 3.07. The van der Waals surface area contributed by atoms with Crippen LogP contribution in [0.5, 0.6) is 5.75 Å². The third-order valence-electron chi connectivity index (χ3n) is 3.90. The molecule has 2 aromatic carbocycles. The van der Waals surface area contributed by atoms with Crippen LogP contribution in [0.15, 0.2) is 48.5 Å². The first-order valence-electron chi connectivity index (χ1n) is 8.82. The number of hydrogen-bond donors (Lipinski definition) is 2. The summed E-state index contributed by atoms with van der Waals surface area (Å²) >= 11 is 0. The second-order valence-corrected chi connectivity index (χ2v) is 13.0. The number of rotatable bonds is 10. The summed E-state index contributed by atoms with van der Waals surface area (Å²) in [5, 5.41) is 3.38. The van der Waals surface area contributed by atoms with Crippen molar-refractivity contribution in [3.8, 4) is 5.75 Å². The fraction of sp³-hybridized carbons (Fsp3) is 0.400. The molecule has 0 unspecified atom stereocenters. The molecular weight excluding hydrogens is 328 g/mol. The Morgan fingerprint density at radius 3 is 2.52 bits per heavy atom. The minimum absolute atomic E-state index is 0.276. The first kappa shape index (κ1) is 19.3. The molecule has 0 radical (unpaired) electrons. The Bertz CT molecular complexity index is 642. The Morgan fingerprint density at radius 2 is 1.80 bits per heavy atom. The molecule has 0 bridgehead atoms. The zero-order valence-electron chi connectivity index (χ0n) is 15.5. The maximum absolute atomic E-state index is 6.05. The lowest BCUT2D eigenvalue weighted by Gasteiger charge is -2.16. The van der Waals surface area contributed by atoms with Crippen LogP contribution in [0.1, 0.15) is 5.56 Å². The molecule has 0 amide bonds.